The lowest BCUT2D eigenvalue weighted by molar-refractivity contribution is 0.338. The zero-order chi connectivity index (χ0) is 7.11. The summed E-state index contributed by atoms with van der Waals surface area (Å²) in [4.78, 5) is 0. The van der Waals surface area contributed by atoms with Crippen molar-refractivity contribution in [2.24, 2.45) is 0 Å². The number of allylic oxidation sites excluding steroid dienone is 4. The smallest absolute Gasteiger partial charge is 0.122 e. The molecule has 0 radical (unpaired) electrons. The van der Waals surface area contributed by atoms with Crippen molar-refractivity contribution in [1.29, 1.82) is 0 Å². The molecule has 1 nitrogen and oxygen atoms in total. The normalized spacial score (nSPS) is 12.0. The van der Waals surface area contributed by atoms with Gasteiger partial charge in [-0.15, -0.1) is 0 Å². The summed E-state index contributed by atoms with van der Waals surface area (Å²) in [6, 6.07) is 0. The van der Waals surface area contributed by atoms with Gasteiger partial charge in [-0.1, -0.05) is 6.58 Å². The monoisotopic (exact) mass is 128 g/mol. The maximum Gasteiger partial charge on any atom is 0.122 e. The van der Waals surface area contributed by atoms with E-state index in [0.29, 0.717) is 0 Å². The van der Waals surface area contributed by atoms with E-state index in [-0.39, 0.29) is 5.83 Å². The number of halogens is 1. The first-order chi connectivity index (χ1) is 4.31. The van der Waals surface area contributed by atoms with Crippen LogP contribution >= 0.6 is 0 Å². The van der Waals surface area contributed by atoms with Crippen LogP contribution in [0, 0.1) is 0 Å². The molecule has 0 aliphatic carbocycles. The summed E-state index contributed by atoms with van der Waals surface area (Å²) in [5, 5.41) is 0. The van der Waals surface area contributed by atoms with Crippen molar-refractivity contribution in [1.82, 2.24) is 0 Å². The van der Waals surface area contributed by atoms with Crippen molar-refractivity contribution < 1.29 is 9.13 Å². The second kappa shape index (κ2) is 5.09. The quantitative estimate of drug-likeness (QED) is 0.418. The van der Waals surface area contributed by atoms with Crippen LogP contribution in [0.3, 0.4) is 0 Å². The third-order valence-corrected chi connectivity index (χ3v) is 0.665. The van der Waals surface area contributed by atoms with Gasteiger partial charge in [0, 0.05) is 0 Å². The van der Waals surface area contributed by atoms with Gasteiger partial charge in [0.25, 0.3) is 0 Å². The first kappa shape index (κ1) is 7.95. The largest absolute Gasteiger partial charge is 0.504 e. The maximum atomic E-state index is 12.1. The lowest BCUT2D eigenvalue weighted by Gasteiger charge is -1.81. The summed E-state index contributed by atoms with van der Waals surface area (Å²) in [7, 11) is 1.50. The average molecular weight is 128 g/mol. The summed E-state index contributed by atoms with van der Waals surface area (Å²) in [5.74, 6) is -0.372. The van der Waals surface area contributed by atoms with Crippen LogP contribution in [0.25, 0.3) is 0 Å². The molecule has 0 aliphatic heterocycles. The van der Waals surface area contributed by atoms with E-state index in [1.165, 1.54) is 25.5 Å². The van der Waals surface area contributed by atoms with E-state index in [1.54, 1.807) is 0 Å². The van der Waals surface area contributed by atoms with Crippen LogP contribution in [-0.2, 0) is 4.74 Å². The maximum absolute atomic E-state index is 12.1. The van der Waals surface area contributed by atoms with Gasteiger partial charge >= 0.3 is 0 Å². The molecule has 0 bridgehead atoms. The molecule has 0 N–H and O–H groups in total. The average Bonchev–Trinajstić information content (AvgIpc) is 1.89. The minimum Gasteiger partial charge on any atom is -0.504 e. The Balaban J connectivity index is 3.68. The van der Waals surface area contributed by atoms with Gasteiger partial charge in [-0.3, -0.25) is 0 Å². The second-order valence-electron chi connectivity index (χ2n) is 1.32. The Labute approximate surface area is 54.1 Å². The molecule has 0 saturated carbocycles. The van der Waals surface area contributed by atoms with Crippen LogP contribution in [0.2, 0.25) is 0 Å². The van der Waals surface area contributed by atoms with E-state index in [0.717, 1.165) is 6.08 Å². The van der Waals surface area contributed by atoms with Crippen LogP contribution in [0.15, 0.2) is 36.9 Å². The van der Waals surface area contributed by atoms with Crippen LogP contribution < -0.4 is 0 Å². The summed E-state index contributed by atoms with van der Waals surface area (Å²) in [6.07, 6.45) is 5.22. The van der Waals surface area contributed by atoms with Gasteiger partial charge in [0.15, 0.2) is 0 Å². The molecule has 0 aromatic heterocycles. The molecule has 0 aromatic carbocycles. The van der Waals surface area contributed by atoms with Crippen LogP contribution in [0.4, 0.5) is 4.39 Å². The third kappa shape index (κ3) is 4.81. The highest BCUT2D eigenvalue weighted by Gasteiger charge is 1.77. The van der Waals surface area contributed by atoms with Gasteiger partial charge in [-0.25, -0.2) is 4.39 Å². The number of methoxy groups -OCH3 is 1. The molecular formula is C7H9FO. The van der Waals surface area contributed by atoms with E-state index in [1.807, 2.05) is 0 Å². The summed E-state index contributed by atoms with van der Waals surface area (Å²) >= 11 is 0. The number of ether oxygens (including phenoxy) is 1. The van der Waals surface area contributed by atoms with Gasteiger partial charge in [0.1, 0.15) is 5.83 Å². The highest BCUT2D eigenvalue weighted by Crippen LogP contribution is 1.95. The van der Waals surface area contributed by atoms with Crippen LogP contribution in [-0.4, -0.2) is 7.11 Å². The van der Waals surface area contributed by atoms with E-state index in [4.69, 9.17) is 0 Å². The molecule has 0 amide bonds. The SMILES string of the molecule is C=C/C(F)=C\C=C\OC. The molecule has 0 saturated heterocycles. The Morgan fingerprint density at radius 3 is 2.78 bits per heavy atom. The number of rotatable bonds is 3. The van der Waals surface area contributed by atoms with Crippen LogP contribution in [0.5, 0.6) is 0 Å². The van der Waals surface area contributed by atoms with Gasteiger partial charge in [-0.2, -0.15) is 0 Å². The molecular weight excluding hydrogens is 119 g/mol. The third-order valence-electron chi connectivity index (χ3n) is 0.665. The van der Waals surface area contributed by atoms with E-state index < -0.39 is 0 Å². The van der Waals surface area contributed by atoms with Gasteiger partial charge in [0.2, 0.25) is 0 Å². The molecule has 0 fully saturated rings. The molecule has 0 spiro atoms. The van der Waals surface area contributed by atoms with Crippen molar-refractivity contribution in [3.63, 3.8) is 0 Å². The second-order valence-corrected chi connectivity index (χ2v) is 1.32. The molecule has 0 heterocycles. The molecule has 0 aliphatic rings. The molecule has 2 heteroatoms. The van der Waals surface area contributed by atoms with Gasteiger partial charge < -0.3 is 4.74 Å². The molecule has 0 atom stereocenters. The molecule has 0 aromatic rings. The molecule has 0 unspecified atom stereocenters. The molecule has 9 heavy (non-hydrogen) atoms. The Hall–Kier alpha value is -1.05. The van der Waals surface area contributed by atoms with Crippen molar-refractivity contribution >= 4 is 0 Å². The van der Waals surface area contributed by atoms with Gasteiger partial charge in [-0.05, 0) is 18.2 Å². The number of hydrogen-bond donors (Lipinski definition) is 0. The Morgan fingerprint density at radius 2 is 2.33 bits per heavy atom. The van der Waals surface area contributed by atoms with E-state index >= 15 is 0 Å². The fourth-order valence-corrected chi connectivity index (χ4v) is 0.278. The Morgan fingerprint density at radius 1 is 1.67 bits per heavy atom. The summed E-state index contributed by atoms with van der Waals surface area (Å²) in [5.41, 5.74) is 0. The summed E-state index contributed by atoms with van der Waals surface area (Å²) < 4.78 is 16.6. The minimum atomic E-state index is -0.372. The lowest BCUT2D eigenvalue weighted by Crippen LogP contribution is -1.63. The zero-order valence-corrected chi connectivity index (χ0v) is 5.30. The minimum absolute atomic E-state index is 0.372. The Kier molecular flexibility index (Phi) is 4.50. The van der Waals surface area contributed by atoms with Gasteiger partial charge in [0.05, 0.1) is 13.4 Å². The predicted octanol–water partition coefficient (Wildman–Crippen LogP) is 2.19. The van der Waals surface area contributed by atoms with Crippen molar-refractivity contribution in [3.05, 3.63) is 36.9 Å². The predicted molar refractivity (Wildman–Crippen MR) is 35.5 cm³/mol. The standard InChI is InChI=1S/C7H9FO/c1-3-7(8)5-4-6-9-2/h3-6H,1H2,2H3/b6-4+,7-5+. The summed E-state index contributed by atoms with van der Waals surface area (Å²) in [6.45, 7) is 3.22. The fraction of sp³-hybridized carbons (Fsp3) is 0.143. The van der Waals surface area contributed by atoms with Crippen molar-refractivity contribution in [3.8, 4) is 0 Å². The molecule has 50 valence electrons. The zero-order valence-electron chi connectivity index (χ0n) is 5.30. The lowest BCUT2D eigenvalue weighted by atomic mass is 10.4. The highest BCUT2D eigenvalue weighted by molar-refractivity contribution is 5.14. The van der Waals surface area contributed by atoms with E-state index in [9.17, 15) is 4.39 Å². The fourth-order valence-electron chi connectivity index (χ4n) is 0.278. The van der Waals surface area contributed by atoms with Crippen molar-refractivity contribution in [2.45, 2.75) is 0 Å². The number of hydrogen-bond acceptors (Lipinski definition) is 1. The van der Waals surface area contributed by atoms with Crippen LogP contribution in [0.1, 0.15) is 0 Å². The Bertz CT molecular complexity index is 136. The first-order valence-electron chi connectivity index (χ1n) is 2.49. The first-order valence-corrected chi connectivity index (χ1v) is 2.49. The molecule has 0 rings (SSSR count). The topological polar surface area (TPSA) is 9.23 Å². The highest BCUT2D eigenvalue weighted by atomic mass is 19.1. The van der Waals surface area contributed by atoms with Crippen molar-refractivity contribution in [2.75, 3.05) is 7.11 Å². The van der Waals surface area contributed by atoms with E-state index in [2.05, 4.69) is 11.3 Å².